The number of carbonyl (C=O) groups is 3. The van der Waals surface area contributed by atoms with Crippen molar-refractivity contribution in [1.29, 1.82) is 0 Å². The number of allylic oxidation sites excluding steroid dienone is 7. The molecule has 2 heterocycles. The Labute approximate surface area is 337 Å². The summed E-state index contributed by atoms with van der Waals surface area (Å²) in [6.45, 7) is 27.4. The van der Waals surface area contributed by atoms with Crippen LogP contribution in [-0.4, -0.2) is 57.4 Å². The van der Waals surface area contributed by atoms with Gasteiger partial charge in [0.15, 0.2) is 5.43 Å². The molecule has 4 N–H and O–H groups in total. The molecule has 308 valence electrons. The molecule has 2 aromatic rings. The molecule has 56 heavy (non-hydrogen) atoms. The van der Waals surface area contributed by atoms with Crippen molar-refractivity contribution in [1.82, 2.24) is 20.5 Å². The number of terminal acetylenes is 1. The summed E-state index contributed by atoms with van der Waals surface area (Å²) >= 11 is 0. The molecule has 3 aliphatic rings. The number of likely N-dealkylation sites (tertiary alicyclic amines) is 1. The lowest BCUT2D eigenvalue weighted by molar-refractivity contribution is -0.145. The highest BCUT2D eigenvalue weighted by atomic mass is 16.4. The van der Waals surface area contributed by atoms with E-state index in [4.69, 9.17) is 0 Å². The average Bonchev–Trinajstić information content (AvgIpc) is 3.98. The zero-order valence-corrected chi connectivity index (χ0v) is 36.1. The van der Waals surface area contributed by atoms with Gasteiger partial charge in [0.2, 0.25) is 11.8 Å². The van der Waals surface area contributed by atoms with E-state index in [0.717, 1.165) is 71.5 Å². The maximum Gasteiger partial charge on any atom is 0.330 e. The summed E-state index contributed by atoms with van der Waals surface area (Å²) in [4.78, 5) is 54.2. The van der Waals surface area contributed by atoms with Gasteiger partial charge in [-0.2, -0.15) is 0 Å². The molecule has 0 radical (unpaired) electrons. The normalized spacial score (nSPS) is 19.1. The number of aryl methyl sites for hydroxylation is 1. The smallest absolute Gasteiger partial charge is 0.330 e. The molecule has 1 aromatic carbocycles. The number of rotatable bonds is 11. The summed E-state index contributed by atoms with van der Waals surface area (Å²) in [5, 5.41) is 16.1. The molecule has 1 saturated heterocycles. The fraction of sp³-hybridized carbons (Fsp3) is 0.532. The highest BCUT2D eigenvalue weighted by molar-refractivity contribution is 5.96. The number of nitrogens with one attached hydrogen (secondary N) is 3. The van der Waals surface area contributed by atoms with Gasteiger partial charge in [0.1, 0.15) is 11.6 Å². The Morgan fingerprint density at radius 1 is 1.09 bits per heavy atom. The summed E-state index contributed by atoms with van der Waals surface area (Å²) < 4.78 is 0. The molecule has 2 saturated carbocycles. The Morgan fingerprint density at radius 2 is 1.71 bits per heavy atom. The molecule has 1 spiro atoms. The second-order valence-electron chi connectivity index (χ2n) is 16.4. The molecule has 3 fully saturated rings. The van der Waals surface area contributed by atoms with Crippen molar-refractivity contribution >= 4 is 34.3 Å². The molecular weight excluding hydrogens is 701 g/mol. The number of amides is 2. The van der Waals surface area contributed by atoms with Gasteiger partial charge in [0.05, 0.1) is 6.54 Å². The first-order valence-electron chi connectivity index (χ1n) is 20.1. The standard InChI is InChI=1S/C20H31N3O4.C19H21NO.C4H10.C2H6.C2H2/c1-13(10-18(2,3)4)21-11-15(24)23-9-5-6-14(23)16(25)22-20(17(26)27)12-19(20)7-8-19;1-4-6-7-8-9-15(5-2)17-13-19(21)16-11-10-14(3)12-18(16)20-17;1-4(2)3;2*1-2/h14,21H,1,5-12H2,2-4H3,(H,22,25)(H,26,27);4-8,10-13H,9H2,1-3H3,(H,20,21);4H,1-3H3;1-2H3;1-2H/b;6-4-,8-7?,15-5+;;;/t14-,20?;;;;/m0..../s1. The highest BCUT2D eigenvalue weighted by Gasteiger charge is 2.79. The van der Waals surface area contributed by atoms with Crippen LogP contribution in [-0.2, 0) is 14.4 Å². The fourth-order valence-electron chi connectivity index (χ4n) is 6.69. The number of carboxylic acid groups (broad SMARTS) is 1. The zero-order chi connectivity index (χ0) is 42.9. The van der Waals surface area contributed by atoms with Crippen LogP contribution in [0.1, 0.15) is 125 Å². The highest BCUT2D eigenvalue weighted by Crippen LogP contribution is 2.73. The van der Waals surface area contributed by atoms with Gasteiger partial charge >= 0.3 is 5.97 Å². The minimum Gasteiger partial charge on any atom is -0.479 e. The third kappa shape index (κ3) is 14.3. The van der Waals surface area contributed by atoms with Gasteiger partial charge in [-0.25, -0.2) is 4.79 Å². The van der Waals surface area contributed by atoms with Gasteiger partial charge < -0.3 is 25.6 Å². The third-order valence-corrected chi connectivity index (χ3v) is 9.51. The second kappa shape index (κ2) is 22.6. The predicted molar refractivity (Wildman–Crippen MR) is 234 cm³/mol. The minimum absolute atomic E-state index is 0.0653. The number of hydrogen-bond donors (Lipinski definition) is 4. The van der Waals surface area contributed by atoms with Gasteiger partial charge in [0.25, 0.3) is 0 Å². The van der Waals surface area contributed by atoms with Crippen molar-refractivity contribution in [3.63, 3.8) is 0 Å². The van der Waals surface area contributed by atoms with Crippen LogP contribution in [0.5, 0.6) is 0 Å². The molecule has 9 heteroatoms. The van der Waals surface area contributed by atoms with E-state index in [1.165, 1.54) is 0 Å². The van der Waals surface area contributed by atoms with Crippen LogP contribution < -0.4 is 16.1 Å². The summed E-state index contributed by atoms with van der Waals surface area (Å²) in [5.41, 5.74) is 3.67. The van der Waals surface area contributed by atoms with Crippen molar-refractivity contribution in [2.45, 2.75) is 133 Å². The van der Waals surface area contributed by atoms with Gasteiger partial charge in [-0.05, 0) is 100 Å². The van der Waals surface area contributed by atoms with E-state index in [1.54, 1.807) is 11.0 Å². The first-order valence-corrected chi connectivity index (χ1v) is 20.1. The number of aliphatic carboxylic acids is 1. The number of carbonyl (C=O) groups excluding carboxylic acids is 2. The van der Waals surface area contributed by atoms with Crippen LogP contribution in [0.3, 0.4) is 0 Å². The van der Waals surface area contributed by atoms with E-state index < -0.39 is 17.6 Å². The maximum atomic E-state index is 12.8. The van der Waals surface area contributed by atoms with Gasteiger partial charge in [-0.3, -0.25) is 14.4 Å². The number of hydrogen-bond acceptors (Lipinski definition) is 5. The van der Waals surface area contributed by atoms with Gasteiger partial charge in [-0.15, -0.1) is 12.8 Å². The Bertz CT molecular complexity index is 1800. The van der Waals surface area contributed by atoms with Crippen molar-refractivity contribution < 1.29 is 19.5 Å². The number of fused-ring (bicyclic) bond motifs is 1. The number of aromatic nitrogens is 1. The molecule has 2 atom stereocenters. The lowest BCUT2D eigenvalue weighted by Gasteiger charge is -2.27. The first-order chi connectivity index (χ1) is 26.4. The van der Waals surface area contributed by atoms with Crippen LogP contribution in [0.2, 0.25) is 0 Å². The monoisotopic (exact) mass is 771 g/mol. The quantitative estimate of drug-likeness (QED) is 0.133. The molecule has 0 bridgehead atoms. The lowest BCUT2D eigenvalue weighted by Crippen LogP contribution is -2.54. The molecule has 9 nitrogen and oxygen atoms in total. The summed E-state index contributed by atoms with van der Waals surface area (Å²) in [6, 6.07) is 6.98. The maximum absolute atomic E-state index is 12.8. The van der Waals surface area contributed by atoms with Crippen LogP contribution >= 0.6 is 0 Å². The van der Waals surface area contributed by atoms with E-state index in [-0.39, 0.29) is 34.6 Å². The molecule has 1 unspecified atom stereocenters. The third-order valence-electron chi connectivity index (χ3n) is 9.51. The summed E-state index contributed by atoms with van der Waals surface area (Å²) in [6.07, 6.45) is 23.2. The summed E-state index contributed by atoms with van der Waals surface area (Å²) in [5.74, 6) is -0.603. The Morgan fingerprint density at radius 3 is 2.23 bits per heavy atom. The largest absolute Gasteiger partial charge is 0.479 e. The average molecular weight is 771 g/mol. The van der Waals surface area contributed by atoms with Crippen molar-refractivity contribution in [3.05, 3.63) is 88.4 Å². The van der Waals surface area contributed by atoms with Crippen molar-refractivity contribution in [3.8, 4) is 12.8 Å². The minimum atomic E-state index is -1.11. The SMILES string of the molecule is C#C.C/C=C\C=CC/C(=C\C)c1cc(=O)c2ccc(C)cc2[nH]1.C=C(CC(C)(C)C)NCC(=O)N1CCC[C@H]1C(=O)NC1(C(=O)O)CC12CC2.CC.CC(C)C. The zero-order valence-electron chi connectivity index (χ0n) is 36.1. The Balaban J connectivity index is 0.000000483. The number of pyridine rings is 1. The molecule has 2 aliphatic carbocycles. The predicted octanol–water partition coefficient (Wildman–Crippen LogP) is 9.34. The van der Waals surface area contributed by atoms with Crippen LogP contribution in [0.15, 0.2) is 71.7 Å². The topological polar surface area (TPSA) is 132 Å². The number of carboxylic acids is 1. The van der Waals surface area contributed by atoms with E-state index in [0.29, 0.717) is 19.4 Å². The van der Waals surface area contributed by atoms with E-state index >= 15 is 0 Å². The molecule has 1 aliphatic heterocycles. The summed E-state index contributed by atoms with van der Waals surface area (Å²) in [7, 11) is 0. The number of aromatic amines is 1. The fourth-order valence-corrected chi connectivity index (χ4v) is 6.69. The Hall–Kier alpha value is -4.84. The van der Waals surface area contributed by atoms with Crippen LogP contribution in [0.25, 0.3) is 16.5 Å². The first kappa shape index (κ1) is 49.2. The number of benzene rings is 1. The molecule has 2 amide bonds. The second-order valence-corrected chi connectivity index (χ2v) is 16.4. The molecule has 5 rings (SSSR count). The van der Waals surface area contributed by atoms with E-state index in [1.807, 2.05) is 77.1 Å². The Kier molecular flexibility index (Phi) is 19.9. The van der Waals surface area contributed by atoms with Crippen molar-refractivity contribution in [2.75, 3.05) is 13.1 Å². The molecule has 1 aromatic heterocycles. The van der Waals surface area contributed by atoms with E-state index in [2.05, 4.69) is 82.7 Å². The number of H-pyrrole nitrogens is 1. The van der Waals surface area contributed by atoms with Gasteiger partial charge in [0, 0.05) is 40.3 Å². The lowest BCUT2D eigenvalue weighted by atomic mass is 9.91. The van der Waals surface area contributed by atoms with E-state index in [9.17, 15) is 24.3 Å². The number of nitrogens with zero attached hydrogens (tertiary/aromatic N) is 1. The van der Waals surface area contributed by atoms with Crippen molar-refractivity contribution in [2.24, 2.45) is 16.7 Å². The van der Waals surface area contributed by atoms with Crippen LogP contribution in [0, 0.1) is 36.5 Å². The molecular formula is C47H70N4O5. The van der Waals surface area contributed by atoms with Crippen LogP contribution in [0.4, 0.5) is 0 Å². The van der Waals surface area contributed by atoms with Gasteiger partial charge in [-0.1, -0.05) is 98.4 Å².